The van der Waals surface area contributed by atoms with E-state index in [1.54, 1.807) is 19.1 Å². The monoisotopic (exact) mass is 283 g/mol. The summed E-state index contributed by atoms with van der Waals surface area (Å²) < 4.78 is 6.26. The molecule has 0 aliphatic carbocycles. The highest BCUT2D eigenvalue weighted by molar-refractivity contribution is 5.96. The molecule has 0 bridgehead atoms. The van der Waals surface area contributed by atoms with E-state index in [0.29, 0.717) is 16.9 Å². The van der Waals surface area contributed by atoms with Crippen molar-refractivity contribution >= 4 is 5.97 Å². The zero-order valence-electron chi connectivity index (χ0n) is 11.4. The van der Waals surface area contributed by atoms with Crippen LogP contribution in [0.4, 0.5) is 0 Å². The number of nitrogens with one attached hydrogen (secondary N) is 1. The van der Waals surface area contributed by atoms with Crippen LogP contribution in [-0.4, -0.2) is 27.3 Å². The van der Waals surface area contributed by atoms with Gasteiger partial charge in [0, 0.05) is 12.4 Å². The van der Waals surface area contributed by atoms with E-state index in [4.69, 9.17) is 4.74 Å². The van der Waals surface area contributed by atoms with Crippen molar-refractivity contribution in [2.45, 2.75) is 6.92 Å². The smallest absolute Gasteiger partial charge is 0.341 e. The Morgan fingerprint density at radius 1 is 1.29 bits per heavy atom. The SMILES string of the molecule is CCOC(=O)c1c[nH]cc2c(=O)n(-c3ccccc3)nc1-2. The van der Waals surface area contributed by atoms with Crippen LogP contribution in [0.15, 0.2) is 47.5 Å². The van der Waals surface area contributed by atoms with Gasteiger partial charge in [0.25, 0.3) is 5.56 Å². The molecule has 21 heavy (non-hydrogen) atoms. The van der Waals surface area contributed by atoms with Gasteiger partial charge in [-0.3, -0.25) is 4.79 Å². The van der Waals surface area contributed by atoms with Crippen LogP contribution in [0.5, 0.6) is 0 Å². The predicted molar refractivity (Wildman–Crippen MR) is 76.8 cm³/mol. The van der Waals surface area contributed by atoms with Crippen molar-refractivity contribution in [2.75, 3.05) is 6.61 Å². The molecule has 2 aliphatic rings. The minimum absolute atomic E-state index is 0.251. The molecule has 2 heterocycles. The summed E-state index contributed by atoms with van der Waals surface area (Å²) in [7, 11) is 0. The van der Waals surface area contributed by atoms with E-state index in [2.05, 4.69) is 10.1 Å². The average molecular weight is 283 g/mol. The molecule has 0 aromatic heterocycles. The normalized spacial score (nSPS) is 10.7. The van der Waals surface area contributed by atoms with E-state index in [1.165, 1.54) is 17.1 Å². The fraction of sp³-hybridized carbons (Fsp3) is 0.133. The van der Waals surface area contributed by atoms with Crippen LogP contribution in [0.2, 0.25) is 0 Å². The second-order valence-corrected chi connectivity index (χ2v) is 4.40. The molecule has 1 N–H and O–H groups in total. The Labute approximate surface area is 120 Å². The van der Waals surface area contributed by atoms with Crippen LogP contribution in [0, 0.1) is 0 Å². The predicted octanol–water partition coefficient (Wildman–Crippen LogP) is 1.84. The first-order valence-corrected chi connectivity index (χ1v) is 6.54. The Bertz CT molecular complexity index is 805. The number of hydrogen-bond donors (Lipinski definition) is 1. The molecule has 0 atom stereocenters. The zero-order valence-corrected chi connectivity index (χ0v) is 11.4. The highest BCUT2D eigenvalue weighted by Gasteiger charge is 2.23. The molecule has 0 fully saturated rings. The van der Waals surface area contributed by atoms with Crippen LogP contribution >= 0.6 is 0 Å². The number of esters is 1. The van der Waals surface area contributed by atoms with Gasteiger partial charge in [0.05, 0.1) is 17.9 Å². The maximum Gasteiger partial charge on any atom is 0.341 e. The number of fused-ring (bicyclic) bond motifs is 1. The molecule has 6 nitrogen and oxygen atoms in total. The number of hydrogen-bond acceptors (Lipinski definition) is 4. The number of para-hydroxylation sites is 1. The van der Waals surface area contributed by atoms with Crippen molar-refractivity contribution < 1.29 is 9.53 Å². The number of ether oxygens (including phenoxy) is 1. The van der Waals surface area contributed by atoms with E-state index in [9.17, 15) is 9.59 Å². The molecule has 0 spiro atoms. The van der Waals surface area contributed by atoms with Gasteiger partial charge < -0.3 is 9.72 Å². The van der Waals surface area contributed by atoms with E-state index in [-0.39, 0.29) is 17.7 Å². The minimum Gasteiger partial charge on any atom is -0.462 e. The van der Waals surface area contributed by atoms with E-state index in [1.807, 2.05) is 18.2 Å². The molecular formula is C15H13N3O3. The summed E-state index contributed by atoms with van der Waals surface area (Å²) in [4.78, 5) is 27.1. The van der Waals surface area contributed by atoms with E-state index >= 15 is 0 Å². The number of aromatic amines is 1. The number of benzene rings is 1. The second-order valence-electron chi connectivity index (χ2n) is 4.40. The fourth-order valence-electron chi connectivity index (χ4n) is 2.13. The summed E-state index contributed by atoms with van der Waals surface area (Å²) >= 11 is 0. The largest absolute Gasteiger partial charge is 0.462 e. The van der Waals surface area contributed by atoms with Gasteiger partial charge in [0.1, 0.15) is 11.3 Å². The van der Waals surface area contributed by atoms with Crippen LogP contribution in [0.3, 0.4) is 0 Å². The number of aromatic nitrogens is 3. The minimum atomic E-state index is -0.503. The summed E-state index contributed by atoms with van der Waals surface area (Å²) in [6.45, 7) is 1.99. The summed E-state index contributed by atoms with van der Waals surface area (Å²) in [6, 6.07) is 9.05. The fourth-order valence-corrected chi connectivity index (χ4v) is 2.13. The quantitative estimate of drug-likeness (QED) is 0.744. The number of carbonyl (C=O) groups excluding carboxylic acids is 1. The summed E-state index contributed by atoms with van der Waals surface area (Å²) in [5, 5.41) is 4.27. The second kappa shape index (κ2) is 5.24. The molecule has 0 saturated heterocycles. The molecule has 2 aliphatic heterocycles. The van der Waals surface area contributed by atoms with Crippen molar-refractivity contribution in [2.24, 2.45) is 0 Å². The lowest BCUT2D eigenvalue weighted by Crippen LogP contribution is -2.14. The van der Waals surface area contributed by atoms with Gasteiger partial charge in [-0.15, -0.1) is 0 Å². The summed E-state index contributed by atoms with van der Waals surface area (Å²) in [6.07, 6.45) is 3.02. The third-order valence-electron chi connectivity index (χ3n) is 3.08. The average Bonchev–Trinajstić information content (AvgIpc) is 2.86. The first-order valence-electron chi connectivity index (χ1n) is 6.54. The third-order valence-corrected chi connectivity index (χ3v) is 3.08. The van der Waals surface area contributed by atoms with Crippen molar-refractivity contribution in [3.8, 4) is 16.9 Å². The number of pyridine rings is 1. The van der Waals surface area contributed by atoms with Crippen molar-refractivity contribution in [3.63, 3.8) is 0 Å². The summed E-state index contributed by atoms with van der Waals surface area (Å²) in [5.41, 5.74) is 1.30. The molecule has 0 amide bonds. The lowest BCUT2D eigenvalue weighted by Gasteiger charge is -2.04. The first kappa shape index (κ1) is 13.1. The lowest BCUT2D eigenvalue weighted by atomic mass is 10.1. The third kappa shape index (κ3) is 2.20. The number of H-pyrrole nitrogens is 1. The molecule has 1 aromatic carbocycles. The van der Waals surface area contributed by atoms with Gasteiger partial charge in [0.15, 0.2) is 0 Å². The maximum absolute atomic E-state index is 12.4. The van der Waals surface area contributed by atoms with Crippen molar-refractivity contribution in [1.29, 1.82) is 0 Å². The van der Waals surface area contributed by atoms with Gasteiger partial charge in [-0.25, -0.2) is 4.79 Å². The van der Waals surface area contributed by atoms with E-state index in [0.717, 1.165) is 0 Å². The molecule has 1 aromatic rings. The maximum atomic E-state index is 12.4. The van der Waals surface area contributed by atoms with Crippen LogP contribution in [0.25, 0.3) is 16.9 Å². The molecular weight excluding hydrogens is 270 g/mol. The van der Waals surface area contributed by atoms with Gasteiger partial charge in [-0.2, -0.15) is 9.78 Å². The Balaban J connectivity index is 2.19. The zero-order chi connectivity index (χ0) is 14.8. The molecule has 0 radical (unpaired) electrons. The van der Waals surface area contributed by atoms with Crippen molar-refractivity contribution in [3.05, 3.63) is 58.6 Å². The van der Waals surface area contributed by atoms with Gasteiger partial charge in [-0.05, 0) is 19.1 Å². The number of rotatable bonds is 3. The van der Waals surface area contributed by atoms with Gasteiger partial charge in [-0.1, -0.05) is 18.2 Å². The standard InChI is InChI=1S/C15H13N3O3/c1-2-21-15(20)12-9-16-8-11-13(12)17-18(14(11)19)10-6-4-3-5-7-10/h3-9,16H,2H2,1H3. The topological polar surface area (TPSA) is 77.0 Å². The first-order chi connectivity index (χ1) is 10.2. The highest BCUT2D eigenvalue weighted by Crippen LogP contribution is 2.21. The summed E-state index contributed by atoms with van der Waals surface area (Å²) in [5.74, 6) is -0.503. The molecule has 0 saturated carbocycles. The lowest BCUT2D eigenvalue weighted by molar-refractivity contribution is 0.0526. The molecule has 6 heteroatoms. The van der Waals surface area contributed by atoms with Crippen LogP contribution in [-0.2, 0) is 4.74 Å². The number of carbonyl (C=O) groups is 1. The highest BCUT2D eigenvalue weighted by atomic mass is 16.5. The molecule has 106 valence electrons. The van der Waals surface area contributed by atoms with Gasteiger partial charge in [0.2, 0.25) is 0 Å². The van der Waals surface area contributed by atoms with E-state index < -0.39 is 5.97 Å². The molecule has 3 rings (SSSR count). The Hall–Kier alpha value is -2.89. The Morgan fingerprint density at radius 3 is 2.76 bits per heavy atom. The van der Waals surface area contributed by atoms with Crippen LogP contribution < -0.4 is 5.56 Å². The Kier molecular flexibility index (Phi) is 3.27. The Morgan fingerprint density at radius 2 is 2.05 bits per heavy atom. The van der Waals surface area contributed by atoms with Crippen LogP contribution in [0.1, 0.15) is 17.3 Å². The molecule has 0 unspecified atom stereocenters. The van der Waals surface area contributed by atoms with Crippen molar-refractivity contribution in [1.82, 2.24) is 14.8 Å². The van der Waals surface area contributed by atoms with Gasteiger partial charge >= 0.3 is 5.97 Å². The number of nitrogens with zero attached hydrogens (tertiary/aromatic N) is 2.